The molecular formula is C9H18N4O. The molecule has 0 fully saturated rings. The predicted octanol–water partition coefficient (Wildman–Crippen LogP) is 0.0657. The smallest absolute Gasteiger partial charge is 0.0964 e. The van der Waals surface area contributed by atoms with Gasteiger partial charge in [0.15, 0.2) is 0 Å². The molecule has 0 aliphatic carbocycles. The van der Waals surface area contributed by atoms with Crippen LogP contribution in [-0.2, 0) is 13.6 Å². The van der Waals surface area contributed by atoms with E-state index in [2.05, 4.69) is 22.6 Å². The van der Waals surface area contributed by atoms with Crippen molar-refractivity contribution in [3.63, 3.8) is 0 Å². The average molecular weight is 198 g/mol. The average Bonchev–Trinajstić information content (AvgIpc) is 2.59. The minimum absolute atomic E-state index is 0.228. The molecule has 1 heterocycles. The highest BCUT2D eigenvalue weighted by molar-refractivity contribution is 4.91. The second-order valence-corrected chi connectivity index (χ2v) is 3.38. The second-order valence-electron chi connectivity index (χ2n) is 3.38. The molecule has 0 saturated heterocycles. The Kier molecular flexibility index (Phi) is 4.55. The molecule has 0 aromatic carbocycles. The summed E-state index contributed by atoms with van der Waals surface area (Å²) in [5, 5.41) is 19.9. The molecule has 5 nitrogen and oxygen atoms in total. The van der Waals surface area contributed by atoms with Crippen molar-refractivity contribution in [3.05, 3.63) is 11.9 Å². The molecule has 1 aromatic rings. The first kappa shape index (κ1) is 11.1. The number of nitrogens with zero attached hydrogens (tertiary/aromatic N) is 3. The van der Waals surface area contributed by atoms with Crippen LogP contribution in [0.5, 0.6) is 0 Å². The minimum Gasteiger partial charge on any atom is -0.396 e. The first-order valence-electron chi connectivity index (χ1n) is 4.95. The quantitative estimate of drug-likeness (QED) is 0.679. The Bertz CT molecular complexity index is 261. The molecule has 1 rings (SSSR count). The molecule has 0 saturated carbocycles. The van der Waals surface area contributed by atoms with Gasteiger partial charge >= 0.3 is 0 Å². The Morgan fingerprint density at radius 2 is 2.43 bits per heavy atom. The van der Waals surface area contributed by atoms with E-state index < -0.39 is 0 Å². The van der Waals surface area contributed by atoms with Crippen molar-refractivity contribution in [1.29, 1.82) is 0 Å². The van der Waals surface area contributed by atoms with E-state index in [-0.39, 0.29) is 6.61 Å². The molecule has 0 spiro atoms. The Labute approximate surface area is 84.1 Å². The zero-order valence-corrected chi connectivity index (χ0v) is 8.77. The molecule has 2 N–H and O–H groups in total. The van der Waals surface area contributed by atoms with Crippen molar-refractivity contribution >= 4 is 0 Å². The van der Waals surface area contributed by atoms with Crippen LogP contribution in [0.4, 0.5) is 0 Å². The highest BCUT2D eigenvalue weighted by Crippen LogP contribution is 1.98. The van der Waals surface area contributed by atoms with E-state index in [9.17, 15) is 0 Å². The molecule has 14 heavy (non-hydrogen) atoms. The lowest BCUT2D eigenvalue weighted by Gasteiger charge is -2.13. The van der Waals surface area contributed by atoms with Crippen molar-refractivity contribution in [1.82, 2.24) is 20.3 Å². The summed E-state index contributed by atoms with van der Waals surface area (Å²) in [6, 6.07) is 0.363. The number of nitrogens with one attached hydrogen (secondary N) is 1. The van der Waals surface area contributed by atoms with E-state index in [1.54, 1.807) is 4.68 Å². The Morgan fingerprint density at radius 1 is 1.64 bits per heavy atom. The van der Waals surface area contributed by atoms with E-state index in [1.165, 1.54) is 0 Å². The van der Waals surface area contributed by atoms with E-state index >= 15 is 0 Å². The van der Waals surface area contributed by atoms with Crippen LogP contribution in [0.3, 0.4) is 0 Å². The van der Waals surface area contributed by atoms with Crippen molar-refractivity contribution in [2.24, 2.45) is 7.05 Å². The highest BCUT2D eigenvalue weighted by atomic mass is 16.3. The third-order valence-electron chi connectivity index (χ3n) is 2.19. The summed E-state index contributed by atoms with van der Waals surface area (Å²) in [5.74, 6) is 0. The summed E-state index contributed by atoms with van der Waals surface area (Å²) < 4.78 is 1.68. The Balaban J connectivity index is 2.31. The van der Waals surface area contributed by atoms with Gasteiger partial charge in [-0.25, -0.2) is 0 Å². The van der Waals surface area contributed by atoms with E-state index in [0.717, 1.165) is 18.5 Å². The molecule has 1 unspecified atom stereocenters. The van der Waals surface area contributed by atoms with Gasteiger partial charge in [-0.15, -0.1) is 5.10 Å². The van der Waals surface area contributed by atoms with Crippen LogP contribution in [0, 0.1) is 0 Å². The highest BCUT2D eigenvalue weighted by Gasteiger charge is 2.05. The van der Waals surface area contributed by atoms with Crippen LogP contribution in [0.1, 0.15) is 25.5 Å². The van der Waals surface area contributed by atoms with Gasteiger partial charge in [0.2, 0.25) is 0 Å². The van der Waals surface area contributed by atoms with Gasteiger partial charge in [-0.05, 0) is 12.8 Å². The standard InChI is InChI=1S/C9H18N4O/c1-3-8(4-5-14)10-6-9-7-13(2)12-11-9/h7-8,10,14H,3-6H2,1-2H3. The second kappa shape index (κ2) is 5.72. The summed E-state index contributed by atoms with van der Waals surface area (Å²) in [5.41, 5.74) is 0.934. The fourth-order valence-electron chi connectivity index (χ4n) is 1.33. The number of aryl methyl sites for hydroxylation is 1. The number of rotatable bonds is 6. The number of aliphatic hydroxyl groups excluding tert-OH is 1. The zero-order chi connectivity index (χ0) is 10.4. The van der Waals surface area contributed by atoms with E-state index in [4.69, 9.17) is 5.11 Å². The first-order valence-corrected chi connectivity index (χ1v) is 4.95. The number of hydrogen-bond donors (Lipinski definition) is 2. The molecular weight excluding hydrogens is 180 g/mol. The molecule has 1 aromatic heterocycles. The lowest BCUT2D eigenvalue weighted by molar-refractivity contribution is 0.261. The SMILES string of the molecule is CCC(CCO)NCc1cn(C)nn1. The van der Waals surface area contributed by atoms with Crippen LogP contribution in [-0.4, -0.2) is 32.7 Å². The van der Waals surface area contributed by atoms with E-state index in [1.807, 2.05) is 13.2 Å². The molecule has 0 bridgehead atoms. The zero-order valence-electron chi connectivity index (χ0n) is 8.77. The summed E-state index contributed by atoms with van der Waals surface area (Å²) in [4.78, 5) is 0. The summed E-state index contributed by atoms with van der Waals surface area (Å²) in [6.07, 6.45) is 3.69. The number of hydrogen-bond acceptors (Lipinski definition) is 4. The molecule has 80 valence electrons. The van der Waals surface area contributed by atoms with Gasteiger partial charge in [-0.3, -0.25) is 4.68 Å². The van der Waals surface area contributed by atoms with Crippen LogP contribution < -0.4 is 5.32 Å². The third kappa shape index (κ3) is 3.43. The maximum Gasteiger partial charge on any atom is 0.0964 e. The largest absolute Gasteiger partial charge is 0.396 e. The molecule has 1 atom stereocenters. The van der Waals surface area contributed by atoms with Gasteiger partial charge in [0.1, 0.15) is 0 Å². The fourth-order valence-corrected chi connectivity index (χ4v) is 1.33. The van der Waals surface area contributed by atoms with Crippen molar-refractivity contribution in [2.45, 2.75) is 32.4 Å². The monoisotopic (exact) mass is 198 g/mol. The molecule has 0 aliphatic heterocycles. The summed E-state index contributed by atoms with van der Waals surface area (Å²) >= 11 is 0. The summed E-state index contributed by atoms with van der Waals surface area (Å²) in [7, 11) is 1.85. The maximum absolute atomic E-state index is 8.80. The van der Waals surface area contributed by atoms with Crippen LogP contribution in [0.15, 0.2) is 6.20 Å². The van der Waals surface area contributed by atoms with Crippen LogP contribution >= 0.6 is 0 Å². The first-order chi connectivity index (χ1) is 6.76. The molecule has 5 heteroatoms. The van der Waals surface area contributed by atoms with Gasteiger partial charge in [0, 0.05) is 32.4 Å². The van der Waals surface area contributed by atoms with Gasteiger partial charge in [0.25, 0.3) is 0 Å². The van der Waals surface area contributed by atoms with Gasteiger partial charge < -0.3 is 10.4 Å². The fraction of sp³-hybridized carbons (Fsp3) is 0.778. The lowest BCUT2D eigenvalue weighted by atomic mass is 10.1. The van der Waals surface area contributed by atoms with Crippen LogP contribution in [0.2, 0.25) is 0 Å². The van der Waals surface area contributed by atoms with E-state index in [0.29, 0.717) is 12.6 Å². The van der Waals surface area contributed by atoms with Crippen molar-refractivity contribution < 1.29 is 5.11 Å². The topological polar surface area (TPSA) is 63.0 Å². The number of aliphatic hydroxyl groups is 1. The van der Waals surface area contributed by atoms with Crippen molar-refractivity contribution in [3.8, 4) is 0 Å². The Hall–Kier alpha value is -0.940. The predicted molar refractivity (Wildman–Crippen MR) is 53.6 cm³/mol. The van der Waals surface area contributed by atoms with Crippen LogP contribution in [0.25, 0.3) is 0 Å². The third-order valence-corrected chi connectivity index (χ3v) is 2.19. The number of aromatic nitrogens is 3. The maximum atomic E-state index is 8.80. The molecule has 0 amide bonds. The summed E-state index contributed by atoms with van der Waals surface area (Å²) in [6.45, 7) is 3.04. The van der Waals surface area contributed by atoms with Gasteiger partial charge in [-0.2, -0.15) is 0 Å². The Morgan fingerprint density at radius 3 is 2.93 bits per heavy atom. The minimum atomic E-state index is 0.228. The van der Waals surface area contributed by atoms with Gasteiger partial charge in [-0.1, -0.05) is 12.1 Å². The molecule has 0 radical (unpaired) electrons. The van der Waals surface area contributed by atoms with Crippen molar-refractivity contribution in [2.75, 3.05) is 6.61 Å². The van der Waals surface area contributed by atoms with Gasteiger partial charge in [0.05, 0.1) is 5.69 Å². The normalized spacial score (nSPS) is 13.1. The molecule has 0 aliphatic rings. The lowest BCUT2D eigenvalue weighted by Crippen LogP contribution is -2.28.